The van der Waals surface area contributed by atoms with Crippen molar-refractivity contribution in [3.63, 3.8) is 0 Å². The van der Waals surface area contributed by atoms with E-state index in [9.17, 15) is 26.8 Å². The van der Waals surface area contributed by atoms with E-state index >= 15 is 0 Å². The molecule has 1 amide bonds. The van der Waals surface area contributed by atoms with Crippen LogP contribution in [0, 0.1) is 11.6 Å². The number of thiophene rings is 1. The summed E-state index contributed by atoms with van der Waals surface area (Å²) in [5, 5.41) is 3.78. The van der Waals surface area contributed by atoms with Crippen LogP contribution >= 0.6 is 11.3 Å². The van der Waals surface area contributed by atoms with Gasteiger partial charge in [0.1, 0.15) is 15.8 Å². The maximum atomic E-state index is 13.6. The van der Waals surface area contributed by atoms with E-state index in [4.69, 9.17) is 4.74 Å². The largest absolute Gasteiger partial charge is 0.449 e. The molecule has 0 aliphatic rings. The molecule has 31 heavy (non-hydrogen) atoms. The number of hydrogen-bond acceptors (Lipinski definition) is 6. The van der Waals surface area contributed by atoms with Gasteiger partial charge in [0.2, 0.25) is 0 Å². The Bertz CT molecular complexity index is 1200. The summed E-state index contributed by atoms with van der Waals surface area (Å²) in [6.07, 6.45) is -1.30. The summed E-state index contributed by atoms with van der Waals surface area (Å²) in [5.74, 6) is -3.28. The second kappa shape index (κ2) is 9.23. The number of nitrogens with one attached hydrogen (secondary N) is 2. The molecule has 0 bridgehead atoms. The number of anilines is 2. The minimum atomic E-state index is -3.73. The Hall–Kier alpha value is -3.31. The van der Waals surface area contributed by atoms with Crippen molar-refractivity contribution in [2.24, 2.45) is 0 Å². The number of sulfonamides is 1. The van der Waals surface area contributed by atoms with Crippen molar-refractivity contribution in [2.75, 3.05) is 10.0 Å². The summed E-state index contributed by atoms with van der Waals surface area (Å²) >= 11 is 1.06. The van der Waals surface area contributed by atoms with Gasteiger partial charge >= 0.3 is 5.97 Å². The standard InChI is InChI=1S/C20H16F2N2O5S2/c1-12(19(25)23-17-11-14(21)6-9-16(17)22)29-20(26)13-4-7-15(8-5-13)24-31(27,28)18-3-2-10-30-18/h2-12,24H,1H3,(H,23,25). The van der Waals surface area contributed by atoms with Crippen LogP contribution < -0.4 is 10.0 Å². The quantitative estimate of drug-likeness (QED) is 0.513. The third kappa shape index (κ3) is 5.64. The first-order valence-electron chi connectivity index (χ1n) is 8.79. The van der Waals surface area contributed by atoms with Crippen molar-refractivity contribution in [3.8, 4) is 0 Å². The predicted octanol–water partition coefficient (Wildman–Crippen LogP) is 4.01. The van der Waals surface area contributed by atoms with E-state index in [2.05, 4.69) is 10.0 Å². The molecule has 2 N–H and O–H groups in total. The highest BCUT2D eigenvalue weighted by molar-refractivity contribution is 7.94. The van der Waals surface area contributed by atoms with Crippen LogP contribution in [0.15, 0.2) is 64.2 Å². The van der Waals surface area contributed by atoms with Gasteiger partial charge in [-0.05, 0) is 54.8 Å². The number of carbonyl (C=O) groups excluding carboxylic acids is 2. The van der Waals surface area contributed by atoms with Gasteiger partial charge in [0, 0.05) is 11.8 Å². The molecule has 3 rings (SSSR count). The normalized spacial score (nSPS) is 12.1. The Morgan fingerprint density at radius 3 is 2.42 bits per heavy atom. The number of carbonyl (C=O) groups is 2. The fourth-order valence-electron chi connectivity index (χ4n) is 2.41. The summed E-state index contributed by atoms with van der Waals surface area (Å²) < 4.78 is 58.8. The molecule has 0 aliphatic heterocycles. The lowest BCUT2D eigenvalue weighted by Gasteiger charge is -2.14. The second-order valence-electron chi connectivity index (χ2n) is 6.28. The molecule has 0 aliphatic carbocycles. The minimum Gasteiger partial charge on any atom is -0.449 e. The lowest BCUT2D eigenvalue weighted by atomic mass is 10.2. The van der Waals surface area contributed by atoms with Crippen LogP contribution in [0.5, 0.6) is 0 Å². The van der Waals surface area contributed by atoms with Crippen LogP contribution in [0.1, 0.15) is 17.3 Å². The fourth-order valence-corrected chi connectivity index (χ4v) is 4.46. The summed E-state index contributed by atoms with van der Waals surface area (Å²) in [7, 11) is -3.73. The Labute approximate surface area is 180 Å². The maximum Gasteiger partial charge on any atom is 0.338 e. The first kappa shape index (κ1) is 22.4. The lowest BCUT2D eigenvalue weighted by Crippen LogP contribution is -2.30. The van der Waals surface area contributed by atoms with Crippen molar-refractivity contribution < 1.29 is 31.5 Å². The molecule has 0 fully saturated rings. The van der Waals surface area contributed by atoms with Crippen LogP contribution in [0.2, 0.25) is 0 Å². The number of ether oxygens (including phenoxy) is 1. The van der Waals surface area contributed by atoms with Gasteiger partial charge in [-0.15, -0.1) is 11.3 Å². The molecule has 1 unspecified atom stereocenters. The van der Waals surface area contributed by atoms with E-state index in [-0.39, 0.29) is 21.1 Å². The average Bonchev–Trinajstić information content (AvgIpc) is 3.27. The Kier molecular flexibility index (Phi) is 6.66. The number of amides is 1. The highest BCUT2D eigenvalue weighted by Gasteiger charge is 2.21. The Morgan fingerprint density at radius 1 is 1.06 bits per heavy atom. The highest BCUT2D eigenvalue weighted by atomic mass is 32.2. The SMILES string of the molecule is CC(OC(=O)c1ccc(NS(=O)(=O)c2cccs2)cc1)C(=O)Nc1cc(F)ccc1F. The van der Waals surface area contributed by atoms with Gasteiger partial charge in [-0.25, -0.2) is 22.0 Å². The fraction of sp³-hybridized carbons (Fsp3) is 0.100. The zero-order chi connectivity index (χ0) is 22.6. The van der Waals surface area contributed by atoms with Crippen molar-refractivity contribution in [3.05, 3.63) is 77.2 Å². The van der Waals surface area contributed by atoms with Crippen LogP contribution in [-0.2, 0) is 19.6 Å². The monoisotopic (exact) mass is 466 g/mol. The molecule has 1 aromatic heterocycles. The number of benzene rings is 2. The number of rotatable bonds is 7. The van der Waals surface area contributed by atoms with Crippen molar-refractivity contribution in [1.82, 2.24) is 0 Å². The molecule has 0 spiro atoms. The zero-order valence-electron chi connectivity index (χ0n) is 16.0. The molecular weight excluding hydrogens is 450 g/mol. The van der Waals surface area contributed by atoms with Crippen molar-refractivity contribution in [1.29, 1.82) is 0 Å². The summed E-state index contributed by atoms with van der Waals surface area (Å²) in [6.45, 7) is 1.27. The number of hydrogen-bond donors (Lipinski definition) is 2. The van der Waals surface area contributed by atoms with E-state index in [0.717, 1.165) is 29.5 Å². The third-order valence-electron chi connectivity index (χ3n) is 3.97. The van der Waals surface area contributed by atoms with Gasteiger partial charge in [0.15, 0.2) is 6.10 Å². The van der Waals surface area contributed by atoms with Gasteiger partial charge in [-0.2, -0.15) is 0 Å². The molecule has 1 heterocycles. The van der Waals surface area contributed by atoms with Gasteiger partial charge in [-0.3, -0.25) is 9.52 Å². The van der Waals surface area contributed by atoms with Gasteiger partial charge in [0.25, 0.3) is 15.9 Å². The van der Waals surface area contributed by atoms with Crippen LogP contribution in [0.4, 0.5) is 20.2 Å². The van der Waals surface area contributed by atoms with Crippen LogP contribution in [0.3, 0.4) is 0 Å². The zero-order valence-corrected chi connectivity index (χ0v) is 17.6. The molecule has 162 valence electrons. The van der Waals surface area contributed by atoms with Crippen LogP contribution in [0.25, 0.3) is 0 Å². The number of esters is 1. The molecule has 0 saturated heterocycles. The Morgan fingerprint density at radius 2 is 1.77 bits per heavy atom. The topological polar surface area (TPSA) is 102 Å². The van der Waals surface area contributed by atoms with Crippen molar-refractivity contribution >= 4 is 44.6 Å². The van der Waals surface area contributed by atoms with Crippen LogP contribution in [-0.4, -0.2) is 26.4 Å². The second-order valence-corrected chi connectivity index (χ2v) is 9.13. The summed E-state index contributed by atoms with van der Waals surface area (Å²) in [5.41, 5.74) is -0.0803. The molecule has 2 aromatic carbocycles. The molecule has 0 saturated carbocycles. The number of halogens is 2. The predicted molar refractivity (Wildman–Crippen MR) is 111 cm³/mol. The van der Waals surface area contributed by atoms with E-state index in [1.165, 1.54) is 37.3 Å². The van der Waals surface area contributed by atoms with E-state index < -0.39 is 39.6 Å². The lowest BCUT2D eigenvalue weighted by molar-refractivity contribution is -0.123. The molecular formula is C20H16F2N2O5S2. The Balaban J connectivity index is 1.61. The van der Waals surface area contributed by atoms with E-state index in [0.29, 0.717) is 0 Å². The highest BCUT2D eigenvalue weighted by Crippen LogP contribution is 2.21. The summed E-state index contributed by atoms with van der Waals surface area (Å²) in [6, 6.07) is 11.0. The van der Waals surface area contributed by atoms with E-state index in [1.807, 2.05) is 0 Å². The van der Waals surface area contributed by atoms with Gasteiger partial charge in [-0.1, -0.05) is 6.07 Å². The molecule has 11 heteroatoms. The third-order valence-corrected chi connectivity index (χ3v) is 6.75. The van der Waals surface area contributed by atoms with Gasteiger partial charge < -0.3 is 10.1 Å². The van der Waals surface area contributed by atoms with Crippen molar-refractivity contribution in [2.45, 2.75) is 17.2 Å². The maximum absolute atomic E-state index is 13.6. The van der Waals surface area contributed by atoms with Gasteiger partial charge in [0.05, 0.1) is 11.3 Å². The molecule has 0 radical (unpaired) electrons. The summed E-state index contributed by atoms with van der Waals surface area (Å²) in [4.78, 5) is 24.4. The average molecular weight is 466 g/mol. The van der Waals surface area contributed by atoms with E-state index in [1.54, 1.807) is 11.4 Å². The first-order valence-corrected chi connectivity index (χ1v) is 11.2. The molecule has 3 aromatic rings. The molecule has 1 atom stereocenters. The smallest absolute Gasteiger partial charge is 0.338 e. The minimum absolute atomic E-state index is 0.0654. The molecule has 7 nitrogen and oxygen atoms in total. The first-order chi connectivity index (χ1) is 14.7.